The Balaban J connectivity index is 1.36. The molecule has 6 nitrogen and oxygen atoms in total. The second-order valence-electron chi connectivity index (χ2n) is 6.16. The fraction of sp³-hybridized carbons (Fsp3) is 0.316. The van der Waals surface area contributed by atoms with Crippen molar-refractivity contribution in [3.05, 3.63) is 48.8 Å². The minimum atomic E-state index is 0.0139. The highest BCUT2D eigenvalue weighted by atomic mass is 32.1. The number of ether oxygens (including phenoxy) is 1. The molecule has 1 amide bonds. The summed E-state index contributed by atoms with van der Waals surface area (Å²) in [6, 6.07) is 11.8. The molecular formula is C19H20N4O2S. The number of carbonyl (C=O) groups is 1. The van der Waals surface area contributed by atoms with Crippen molar-refractivity contribution in [2.24, 2.45) is 0 Å². The molecule has 1 fully saturated rings. The summed E-state index contributed by atoms with van der Waals surface area (Å²) in [7, 11) is 0. The average molecular weight is 368 g/mol. The summed E-state index contributed by atoms with van der Waals surface area (Å²) in [5, 5.41) is 1.03. The molecule has 0 aliphatic carbocycles. The van der Waals surface area contributed by atoms with E-state index in [0.717, 1.165) is 36.7 Å². The Hall–Kier alpha value is -2.67. The van der Waals surface area contributed by atoms with Crippen LogP contribution in [0.1, 0.15) is 6.42 Å². The Morgan fingerprint density at radius 1 is 1.12 bits per heavy atom. The van der Waals surface area contributed by atoms with Crippen molar-refractivity contribution in [1.82, 2.24) is 14.9 Å². The van der Waals surface area contributed by atoms with Crippen LogP contribution in [-0.4, -0.2) is 53.6 Å². The molecular weight excluding hydrogens is 348 g/mol. The third-order valence-corrected chi connectivity index (χ3v) is 5.50. The maximum Gasteiger partial charge on any atom is 0.260 e. The van der Waals surface area contributed by atoms with Crippen LogP contribution in [0, 0.1) is 0 Å². The zero-order valence-electron chi connectivity index (χ0n) is 14.4. The molecule has 1 aliphatic heterocycles. The summed E-state index contributed by atoms with van der Waals surface area (Å²) in [6.45, 7) is 3.18. The number of fused-ring (bicyclic) bond motifs is 1. The number of thiazole rings is 1. The summed E-state index contributed by atoms with van der Waals surface area (Å²) in [4.78, 5) is 25.3. The lowest BCUT2D eigenvalue weighted by atomic mass is 10.3. The van der Waals surface area contributed by atoms with Crippen LogP contribution in [0.15, 0.2) is 48.8 Å². The van der Waals surface area contributed by atoms with Crippen LogP contribution in [0.5, 0.6) is 5.75 Å². The standard InChI is InChI=1S/C19H20N4O2S/c24-18(14-25-15-5-3-8-20-13-15)22-9-4-10-23(12-11-22)19-21-16-6-1-2-7-17(16)26-19/h1-3,5-8,13H,4,9-12,14H2. The number of nitrogens with zero attached hydrogens (tertiary/aromatic N) is 4. The van der Waals surface area contributed by atoms with Gasteiger partial charge in [-0.05, 0) is 30.7 Å². The van der Waals surface area contributed by atoms with E-state index in [1.807, 2.05) is 23.1 Å². The molecule has 2 aromatic heterocycles. The van der Waals surface area contributed by atoms with Crippen molar-refractivity contribution in [3.8, 4) is 5.75 Å². The van der Waals surface area contributed by atoms with E-state index in [4.69, 9.17) is 9.72 Å². The first kappa shape index (κ1) is 16.8. The lowest BCUT2D eigenvalue weighted by Crippen LogP contribution is -2.38. The zero-order chi connectivity index (χ0) is 17.8. The molecule has 7 heteroatoms. The van der Waals surface area contributed by atoms with Gasteiger partial charge in [-0.3, -0.25) is 9.78 Å². The van der Waals surface area contributed by atoms with E-state index in [1.165, 1.54) is 4.70 Å². The van der Waals surface area contributed by atoms with Gasteiger partial charge in [0, 0.05) is 32.4 Å². The molecule has 0 spiro atoms. The minimum absolute atomic E-state index is 0.0139. The monoisotopic (exact) mass is 368 g/mol. The number of rotatable bonds is 4. The smallest absolute Gasteiger partial charge is 0.260 e. The van der Waals surface area contributed by atoms with Crippen molar-refractivity contribution in [3.63, 3.8) is 0 Å². The van der Waals surface area contributed by atoms with E-state index in [1.54, 1.807) is 35.9 Å². The molecule has 1 saturated heterocycles. The van der Waals surface area contributed by atoms with E-state index in [-0.39, 0.29) is 12.5 Å². The number of para-hydroxylation sites is 1. The van der Waals surface area contributed by atoms with Gasteiger partial charge in [0.2, 0.25) is 0 Å². The molecule has 1 aliphatic rings. The van der Waals surface area contributed by atoms with Crippen LogP contribution in [0.3, 0.4) is 0 Å². The molecule has 0 saturated carbocycles. The summed E-state index contributed by atoms with van der Waals surface area (Å²) < 4.78 is 6.73. The van der Waals surface area contributed by atoms with Crippen LogP contribution in [-0.2, 0) is 4.79 Å². The van der Waals surface area contributed by atoms with Crippen LogP contribution in [0.25, 0.3) is 10.2 Å². The predicted molar refractivity (Wildman–Crippen MR) is 103 cm³/mol. The molecule has 3 heterocycles. The number of pyridine rings is 1. The summed E-state index contributed by atoms with van der Waals surface area (Å²) >= 11 is 1.71. The lowest BCUT2D eigenvalue weighted by molar-refractivity contribution is -0.133. The molecule has 134 valence electrons. The van der Waals surface area contributed by atoms with E-state index >= 15 is 0 Å². The maximum absolute atomic E-state index is 12.5. The molecule has 26 heavy (non-hydrogen) atoms. The minimum Gasteiger partial charge on any atom is -0.482 e. The Bertz CT molecular complexity index is 850. The number of anilines is 1. The second-order valence-corrected chi connectivity index (χ2v) is 7.17. The van der Waals surface area contributed by atoms with Crippen LogP contribution in [0.2, 0.25) is 0 Å². The van der Waals surface area contributed by atoms with Crippen molar-refractivity contribution in [2.45, 2.75) is 6.42 Å². The fourth-order valence-corrected chi connectivity index (χ4v) is 4.04. The fourth-order valence-electron chi connectivity index (χ4n) is 3.02. The molecule has 4 rings (SSSR count). The first-order valence-corrected chi connectivity index (χ1v) is 9.52. The Labute approximate surface area is 156 Å². The van der Waals surface area contributed by atoms with Gasteiger partial charge in [0.05, 0.1) is 16.4 Å². The van der Waals surface area contributed by atoms with Gasteiger partial charge in [0.25, 0.3) is 5.91 Å². The maximum atomic E-state index is 12.5. The molecule has 3 aromatic rings. The van der Waals surface area contributed by atoms with Crippen molar-refractivity contribution < 1.29 is 9.53 Å². The largest absolute Gasteiger partial charge is 0.482 e. The molecule has 0 unspecified atom stereocenters. The second kappa shape index (κ2) is 7.70. The number of hydrogen-bond donors (Lipinski definition) is 0. The Morgan fingerprint density at radius 3 is 2.88 bits per heavy atom. The lowest BCUT2D eigenvalue weighted by Gasteiger charge is -2.21. The van der Waals surface area contributed by atoms with Gasteiger partial charge in [-0.2, -0.15) is 0 Å². The number of amides is 1. The normalized spacial score (nSPS) is 15.1. The van der Waals surface area contributed by atoms with Crippen molar-refractivity contribution in [1.29, 1.82) is 0 Å². The van der Waals surface area contributed by atoms with Crippen LogP contribution in [0.4, 0.5) is 5.13 Å². The summed E-state index contributed by atoms with van der Waals surface area (Å²) in [5.41, 5.74) is 1.04. The molecule has 0 N–H and O–H groups in total. The molecule has 0 bridgehead atoms. The first-order chi connectivity index (χ1) is 12.8. The van der Waals surface area contributed by atoms with Crippen LogP contribution >= 0.6 is 11.3 Å². The van der Waals surface area contributed by atoms with Crippen molar-refractivity contribution >= 4 is 32.6 Å². The van der Waals surface area contributed by atoms with E-state index < -0.39 is 0 Å². The van der Waals surface area contributed by atoms with Crippen LogP contribution < -0.4 is 9.64 Å². The quantitative estimate of drug-likeness (QED) is 0.709. The topological polar surface area (TPSA) is 58.6 Å². The van der Waals surface area contributed by atoms with Crippen molar-refractivity contribution in [2.75, 3.05) is 37.7 Å². The first-order valence-electron chi connectivity index (χ1n) is 8.71. The van der Waals surface area contributed by atoms with E-state index in [2.05, 4.69) is 16.0 Å². The number of carbonyl (C=O) groups excluding carboxylic acids is 1. The third-order valence-electron chi connectivity index (χ3n) is 4.40. The van der Waals surface area contributed by atoms with E-state index in [0.29, 0.717) is 12.3 Å². The van der Waals surface area contributed by atoms with Gasteiger partial charge in [-0.1, -0.05) is 23.5 Å². The Kier molecular flexibility index (Phi) is 4.97. The third kappa shape index (κ3) is 3.77. The number of hydrogen-bond acceptors (Lipinski definition) is 6. The SMILES string of the molecule is O=C(COc1cccnc1)N1CCCN(c2nc3ccccc3s2)CC1. The molecule has 1 aromatic carbocycles. The predicted octanol–water partition coefficient (Wildman–Crippen LogP) is 2.81. The highest BCUT2D eigenvalue weighted by Gasteiger charge is 2.21. The molecule has 0 atom stereocenters. The van der Waals surface area contributed by atoms with Gasteiger partial charge in [-0.25, -0.2) is 4.98 Å². The number of aromatic nitrogens is 2. The van der Waals surface area contributed by atoms with Gasteiger partial charge in [0.1, 0.15) is 5.75 Å². The average Bonchev–Trinajstić information content (AvgIpc) is 2.96. The van der Waals surface area contributed by atoms with Gasteiger partial charge in [0.15, 0.2) is 11.7 Å². The van der Waals surface area contributed by atoms with Gasteiger partial charge < -0.3 is 14.5 Å². The summed E-state index contributed by atoms with van der Waals surface area (Å²) in [5.74, 6) is 0.631. The zero-order valence-corrected chi connectivity index (χ0v) is 15.2. The Morgan fingerprint density at radius 2 is 2.04 bits per heavy atom. The molecule has 0 radical (unpaired) electrons. The summed E-state index contributed by atoms with van der Waals surface area (Å²) in [6.07, 6.45) is 4.22. The number of benzene rings is 1. The highest BCUT2D eigenvalue weighted by Crippen LogP contribution is 2.29. The van der Waals surface area contributed by atoms with Gasteiger partial charge >= 0.3 is 0 Å². The van der Waals surface area contributed by atoms with Gasteiger partial charge in [-0.15, -0.1) is 0 Å². The highest BCUT2D eigenvalue weighted by molar-refractivity contribution is 7.22. The van der Waals surface area contributed by atoms with E-state index in [9.17, 15) is 4.79 Å².